The van der Waals surface area contributed by atoms with Gasteiger partial charge in [0.15, 0.2) is 0 Å². The first-order valence-electron chi connectivity index (χ1n) is 13.4. The average Bonchev–Trinajstić information content (AvgIpc) is 3.48. The van der Waals surface area contributed by atoms with Crippen molar-refractivity contribution in [3.8, 4) is 5.88 Å². The summed E-state index contributed by atoms with van der Waals surface area (Å²) in [7, 11) is 0. The van der Waals surface area contributed by atoms with Crippen LogP contribution >= 0.6 is 24.2 Å². The lowest BCUT2D eigenvalue weighted by Gasteiger charge is -2.54. The predicted octanol–water partition coefficient (Wildman–Crippen LogP) is 4.17. The molecule has 0 radical (unpaired) electrons. The lowest BCUT2D eigenvalue weighted by Crippen LogP contribution is -2.55. The highest BCUT2D eigenvalue weighted by Gasteiger charge is 2.49. The number of ether oxygens (including phenoxy) is 1. The standard InChI is InChI=1S/C26H40N4O4S.ClH/c1-26(2,25(32)28-8-7-27)14-33-24-22(35-19-5-3-4-6-19)21(34-30-24)23(31)29-20-17-10-15-9-16(12-17)13-18(20)11-15;/h15-20H,3-14,27H2,1-2H3,(H,28,32)(H,29,31);1H. The van der Waals surface area contributed by atoms with Crippen LogP contribution in [0.15, 0.2) is 9.42 Å². The molecule has 5 fully saturated rings. The van der Waals surface area contributed by atoms with E-state index in [9.17, 15) is 9.59 Å². The summed E-state index contributed by atoms with van der Waals surface area (Å²) in [4.78, 5) is 26.7. The normalized spacial score (nSPS) is 29.1. The van der Waals surface area contributed by atoms with E-state index < -0.39 is 5.41 Å². The quantitative estimate of drug-likeness (QED) is 0.407. The second kappa shape index (κ2) is 11.5. The Morgan fingerprint density at radius 3 is 2.36 bits per heavy atom. The number of aromatic nitrogens is 1. The van der Waals surface area contributed by atoms with Crippen LogP contribution in [0.1, 0.15) is 82.2 Å². The molecule has 36 heavy (non-hydrogen) atoms. The Morgan fingerprint density at radius 1 is 1.11 bits per heavy atom. The number of halogens is 1. The monoisotopic (exact) mass is 540 g/mol. The van der Waals surface area contributed by atoms with Gasteiger partial charge in [0, 0.05) is 24.4 Å². The number of hydrogen-bond acceptors (Lipinski definition) is 7. The molecule has 5 saturated carbocycles. The van der Waals surface area contributed by atoms with Crippen LogP contribution in [0.2, 0.25) is 0 Å². The van der Waals surface area contributed by atoms with Gasteiger partial charge in [0.2, 0.25) is 11.7 Å². The molecule has 1 heterocycles. The second-order valence-electron chi connectivity index (χ2n) is 11.8. The van der Waals surface area contributed by atoms with Crippen molar-refractivity contribution in [2.75, 3.05) is 19.7 Å². The predicted molar refractivity (Wildman–Crippen MR) is 142 cm³/mol. The largest absolute Gasteiger partial charge is 0.474 e. The molecule has 8 nitrogen and oxygen atoms in total. The van der Waals surface area contributed by atoms with E-state index in [0.29, 0.717) is 41.0 Å². The highest BCUT2D eigenvalue weighted by atomic mass is 35.5. The molecule has 0 unspecified atom stereocenters. The van der Waals surface area contributed by atoms with Crippen molar-refractivity contribution in [1.29, 1.82) is 0 Å². The van der Waals surface area contributed by atoms with E-state index in [4.69, 9.17) is 15.0 Å². The zero-order valence-electron chi connectivity index (χ0n) is 21.4. The van der Waals surface area contributed by atoms with E-state index in [0.717, 1.165) is 24.7 Å². The third-order valence-corrected chi connectivity index (χ3v) is 9.95. The van der Waals surface area contributed by atoms with Crippen molar-refractivity contribution >= 4 is 36.0 Å². The van der Waals surface area contributed by atoms with Crippen molar-refractivity contribution in [2.45, 2.75) is 87.8 Å². The van der Waals surface area contributed by atoms with Gasteiger partial charge in [0.1, 0.15) is 11.5 Å². The maximum Gasteiger partial charge on any atom is 0.291 e. The molecule has 1 aromatic heterocycles. The zero-order chi connectivity index (χ0) is 24.6. The molecule has 0 atom stereocenters. The molecule has 5 aliphatic rings. The highest BCUT2D eigenvalue weighted by molar-refractivity contribution is 8.00. The van der Waals surface area contributed by atoms with E-state index >= 15 is 0 Å². The van der Waals surface area contributed by atoms with Crippen molar-refractivity contribution in [2.24, 2.45) is 34.8 Å². The minimum absolute atomic E-state index is 0. The molecule has 4 bridgehead atoms. The first-order chi connectivity index (χ1) is 16.8. The fourth-order valence-electron chi connectivity index (χ4n) is 6.90. The van der Waals surface area contributed by atoms with Gasteiger partial charge in [-0.3, -0.25) is 9.59 Å². The van der Waals surface area contributed by atoms with Crippen LogP contribution in [0.4, 0.5) is 0 Å². The smallest absolute Gasteiger partial charge is 0.291 e. The molecule has 0 aromatic carbocycles. The summed E-state index contributed by atoms with van der Waals surface area (Å²) >= 11 is 1.64. The van der Waals surface area contributed by atoms with Crippen molar-refractivity contribution < 1.29 is 18.8 Å². The Bertz CT molecular complexity index is 905. The summed E-state index contributed by atoms with van der Waals surface area (Å²) in [6.07, 6.45) is 11.0. The molecular weight excluding hydrogens is 500 g/mol. The summed E-state index contributed by atoms with van der Waals surface area (Å²) in [6, 6.07) is 0.235. The highest BCUT2D eigenvalue weighted by Crippen LogP contribution is 2.54. The van der Waals surface area contributed by atoms with Gasteiger partial charge >= 0.3 is 0 Å². The topological polar surface area (TPSA) is 119 Å². The molecule has 6 rings (SSSR count). The van der Waals surface area contributed by atoms with Gasteiger partial charge in [-0.1, -0.05) is 12.8 Å². The molecule has 1 aromatic rings. The van der Waals surface area contributed by atoms with E-state index in [-0.39, 0.29) is 42.6 Å². The lowest BCUT2D eigenvalue weighted by molar-refractivity contribution is -0.130. The fraction of sp³-hybridized carbons (Fsp3) is 0.808. The SMILES string of the molecule is CC(C)(COc1noc(C(=O)NC2C3CC4CC(C3)CC2C4)c1SC1CCCC1)C(=O)NCCN.Cl. The molecule has 0 saturated heterocycles. The van der Waals surface area contributed by atoms with Gasteiger partial charge in [0.25, 0.3) is 11.8 Å². The van der Waals surface area contributed by atoms with Crippen LogP contribution in [0.3, 0.4) is 0 Å². The number of nitrogens with two attached hydrogens (primary N) is 1. The van der Waals surface area contributed by atoms with Crippen LogP contribution in [0.25, 0.3) is 0 Å². The summed E-state index contributed by atoms with van der Waals surface area (Å²) in [5.74, 6) is 3.17. The van der Waals surface area contributed by atoms with E-state index in [1.54, 1.807) is 11.8 Å². The Kier molecular flexibility index (Phi) is 8.83. The Morgan fingerprint density at radius 2 is 1.75 bits per heavy atom. The van der Waals surface area contributed by atoms with E-state index in [1.165, 1.54) is 44.9 Å². The number of nitrogens with one attached hydrogen (secondary N) is 2. The summed E-state index contributed by atoms with van der Waals surface area (Å²) in [6.45, 7) is 4.58. The van der Waals surface area contributed by atoms with E-state index in [1.807, 2.05) is 13.8 Å². The van der Waals surface area contributed by atoms with Crippen LogP contribution < -0.4 is 21.1 Å². The van der Waals surface area contributed by atoms with Gasteiger partial charge in [-0.2, -0.15) is 0 Å². The molecule has 4 N–H and O–H groups in total. The van der Waals surface area contributed by atoms with Gasteiger partial charge < -0.3 is 25.6 Å². The first-order valence-corrected chi connectivity index (χ1v) is 14.3. The number of thioether (sulfide) groups is 1. The fourth-order valence-corrected chi connectivity index (χ4v) is 8.23. The minimum atomic E-state index is -0.772. The number of nitrogens with zero attached hydrogens (tertiary/aromatic N) is 1. The number of rotatable bonds is 10. The second-order valence-corrected chi connectivity index (χ2v) is 13.1. The van der Waals surface area contributed by atoms with Crippen LogP contribution in [-0.4, -0.2) is 48.0 Å². The van der Waals surface area contributed by atoms with Gasteiger partial charge in [0.05, 0.1) is 5.41 Å². The zero-order valence-corrected chi connectivity index (χ0v) is 23.1. The van der Waals surface area contributed by atoms with Crippen molar-refractivity contribution in [3.05, 3.63) is 5.76 Å². The van der Waals surface area contributed by atoms with Gasteiger partial charge in [-0.15, -0.1) is 24.2 Å². The minimum Gasteiger partial charge on any atom is -0.474 e. The van der Waals surface area contributed by atoms with Crippen LogP contribution in [0.5, 0.6) is 5.88 Å². The molecule has 0 spiro atoms. The van der Waals surface area contributed by atoms with Crippen LogP contribution in [-0.2, 0) is 4.79 Å². The van der Waals surface area contributed by atoms with Crippen molar-refractivity contribution in [3.63, 3.8) is 0 Å². The molecule has 2 amide bonds. The maximum atomic E-state index is 13.5. The summed E-state index contributed by atoms with van der Waals surface area (Å²) in [5, 5.41) is 10.8. The molecular formula is C26H41ClN4O4S. The third-order valence-electron chi connectivity index (χ3n) is 8.55. The van der Waals surface area contributed by atoms with E-state index in [2.05, 4.69) is 15.8 Å². The molecule has 10 heteroatoms. The number of carbonyl (C=O) groups is 2. The van der Waals surface area contributed by atoms with Crippen LogP contribution in [0, 0.1) is 29.1 Å². The Balaban J connectivity index is 0.00000304. The summed E-state index contributed by atoms with van der Waals surface area (Å²) in [5.41, 5.74) is 4.74. The van der Waals surface area contributed by atoms with Gasteiger partial charge in [-0.25, -0.2) is 0 Å². The molecule has 0 aliphatic heterocycles. The maximum absolute atomic E-state index is 13.5. The third kappa shape index (κ3) is 5.83. The number of carbonyl (C=O) groups excluding carboxylic acids is 2. The Hall–Kier alpha value is -1.45. The Labute approximate surface area is 224 Å². The molecule has 5 aliphatic carbocycles. The number of amides is 2. The first kappa shape index (κ1) is 27.6. The average molecular weight is 541 g/mol. The lowest BCUT2D eigenvalue weighted by atomic mass is 9.54. The van der Waals surface area contributed by atoms with Gasteiger partial charge in [-0.05, 0) is 87.6 Å². The van der Waals surface area contributed by atoms with Crippen molar-refractivity contribution in [1.82, 2.24) is 15.8 Å². The molecule has 202 valence electrons. The summed E-state index contributed by atoms with van der Waals surface area (Å²) < 4.78 is 11.7. The number of hydrogen-bond donors (Lipinski definition) is 3.